The number of benzene rings is 1. The van der Waals surface area contributed by atoms with E-state index in [0.717, 1.165) is 81.6 Å². The van der Waals surface area contributed by atoms with Gasteiger partial charge in [-0.15, -0.1) is 0 Å². The van der Waals surface area contributed by atoms with Gasteiger partial charge in [0, 0.05) is 56.3 Å². The third-order valence-corrected chi connectivity index (χ3v) is 6.92. The van der Waals surface area contributed by atoms with E-state index in [-0.39, 0.29) is 5.91 Å². The number of nitrogens with zero attached hydrogens (tertiary/aromatic N) is 3. The number of anilines is 2. The maximum atomic E-state index is 12.5. The lowest BCUT2D eigenvalue weighted by atomic mass is 9.89. The number of aromatic nitrogens is 1. The number of rotatable bonds is 7. The second kappa shape index (κ2) is 9.91. The standard InChI is InChI=1S/C26H32N4O3/c31-22-8-4-6-19-5-3-7-21(25(19)22)30-16-14-29(15-17-30)13-1-2-18-33-24-12-10-20-9-11-23(32)27-26(20)28-24/h3,5,7,10,12H,1-2,4,6,8-9,11,13-18H2,(H,27,28,32). The van der Waals surface area contributed by atoms with E-state index < -0.39 is 0 Å². The van der Waals surface area contributed by atoms with Gasteiger partial charge in [-0.05, 0) is 61.9 Å². The van der Waals surface area contributed by atoms with Crippen molar-refractivity contribution in [2.24, 2.45) is 0 Å². The number of piperazine rings is 1. The number of pyridine rings is 1. The van der Waals surface area contributed by atoms with Crippen LogP contribution in [0.15, 0.2) is 30.3 Å². The fourth-order valence-corrected chi connectivity index (χ4v) is 5.07. The third kappa shape index (κ3) is 5.03. The lowest BCUT2D eigenvalue weighted by Gasteiger charge is -2.37. The highest BCUT2D eigenvalue weighted by Crippen LogP contribution is 2.31. The highest BCUT2D eigenvalue weighted by molar-refractivity contribution is 6.03. The number of hydrogen-bond acceptors (Lipinski definition) is 6. The Morgan fingerprint density at radius 2 is 1.79 bits per heavy atom. The zero-order valence-corrected chi connectivity index (χ0v) is 19.1. The van der Waals surface area contributed by atoms with Crippen molar-refractivity contribution < 1.29 is 14.3 Å². The first-order valence-corrected chi connectivity index (χ1v) is 12.2. The number of ether oxygens (including phenoxy) is 1. The Morgan fingerprint density at radius 1 is 0.909 bits per heavy atom. The summed E-state index contributed by atoms with van der Waals surface area (Å²) in [5.74, 6) is 1.55. The molecule has 0 spiro atoms. The van der Waals surface area contributed by atoms with Crippen molar-refractivity contribution in [2.45, 2.75) is 44.9 Å². The average Bonchev–Trinajstić information content (AvgIpc) is 2.84. The van der Waals surface area contributed by atoms with Crippen molar-refractivity contribution in [3.8, 4) is 5.88 Å². The number of fused-ring (bicyclic) bond motifs is 2. The molecule has 0 saturated carbocycles. The molecule has 5 rings (SSSR count). The van der Waals surface area contributed by atoms with Crippen LogP contribution in [0.25, 0.3) is 0 Å². The first-order chi connectivity index (χ1) is 16.2. The van der Waals surface area contributed by atoms with E-state index in [2.05, 4.69) is 38.3 Å². The number of aryl methyl sites for hydroxylation is 2. The summed E-state index contributed by atoms with van der Waals surface area (Å²) in [5.41, 5.74) is 4.41. The normalized spacial score (nSPS) is 18.5. The van der Waals surface area contributed by atoms with Gasteiger partial charge < -0.3 is 15.0 Å². The van der Waals surface area contributed by atoms with Crippen molar-refractivity contribution in [3.05, 3.63) is 47.0 Å². The maximum absolute atomic E-state index is 12.5. The molecule has 0 atom stereocenters. The van der Waals surface area contributed by atoms with Crippen LogP contribution in [0, 0.1) is 0 Å². The Morgan fingerprint density at radius 3 is 2.67 bits per heavy atom. The molecule has 1 aliphatic carbocycles. The number of ketones is 1. The number of amides is 1. The van der Waals surface area contributed by atoms with E-state index in [1.165, 1.54) is 5.56 Å². The van der Waals surface area contributed by atoms with Gasteiger partial charge in [0.1, 0.15) is 5.82 Å². The van der Waals surface area contributed by atoms with Crippen LogP contribution in [0.3, 0.4) is 0 Å². The Labute approximate surface area is 195 Å². The maximum Gasteiger partial charge on any atom is 0.225 e. The van der Waals surface area contributed by atoms with E-state index in [1.54, 1.807) is 0 Å². The topological polar surface area (TPSA) is 74.8 Å². The molecule has 1 aromatic heterocycles. The Balaban J connectivity index is 1.05. The summed E-state index contributed by atoms with van der Waals surface area (Å²) < 4.78 is 5.81. The fraction of sp³-hybridized carbons (Fsp3) is 0.500. The fourth-order valence-electron chi connectivity index (χ4n) is 5.07. The third-order valence-electron chi connectivity index (χ3n) is 6.92. The molecule has 1 N–H and O–H groups in total. The van der Waals surface area contributed by atoms with E-state index in [0.29, 0.717) is 36.9 Å². The molecule has 2 aromatic rings. The quantitative estimate of drug-likeness (QED) is 0.654. The van der Waals surface area contributed by atoms with Crippen LogP contribution in [0.2, 0.25) is 0 Å². The van der Waals surface area contributed by atoms with Crippen LogP contribution in [0.5, 0.6) is 5.88 Å². The van der Waals surface area contributed by atoms with Crippen molar-refractivity contribution in [1.82, 2.24) is 9.88 Å². The monoisotopic (exact) mass is 448 g/mol. The van der Waals surface area contributed by atoms with Gasteiger partial charge >= 0.3 is 0 Å². The number of carbonyl (C=O) groups is 2. The van der Waals surface area contributed by atoms with Gasteiger partial charge in [-0.25, -0.2) is 0 Å². The summed E-state index contributed by atoms with van der Waals surface area (Å²) >= 11 is 0. The molecule has 1 fully saturated rings. The molecule has 3 heterocycles. The summed E-state index contributed by atoms with van der Waals surface area (Å²) in [4.78, 5) is 33.4. The zero-order chi connectivity index (χ0) is 22.6. The first kappa shape index (κ1) is 21.9. The van der Waals surface area contributed by atoms with Crippen LogP contribution < -0.4 is 15.0 Å². The molecule has 7 heteroatoms. The van der Waals surface area contributed by atoms with E-state index in [9.17, 15) is 9.59 Å². The number of hydrogen-bond donors (Lipinski definition) is 1. The number of nitrogens with one attached hydrogen (secondary N) is 1. The largest absolute Gasteiger partial charge is 0.478 e. The molecule has 0 bridgehead atoms. The predicted molar refractivity (Wildman–Crippen MR) is 128 cm³/mol. The lowest BCUT2D eigenvalue weighted by molar-refractivity contribution is -0.116. The molecular formula is C26H32N4O3. The van der Waals surface area contributed by atoms with Gasteiger partial charge in [-0.2, -0.15) is 4.98 Å². The van der Waals surface area contributed by atoms with Crippen LogP contribution >= 0.6 is 0 Å². The van der Waals surface area contributed by atoms with Crippen molar-refractivity contribution in [1.29, 1.82) is 0 Å². The summed E-state index contributed by atoms with van der Waals surface area (Å²) in [5, 5.41) is 2.82. The summed E-state index contributed by atoms with van der Waals surface area (Å²) in [6, 6.07) is 10.2. The van der Waals surface area contributed by atoms with Gasteiger partial charge in [-0.3, -0.25) is 14.5 Å². The molecule has 1 amide bonds. The van der Waals surface area contributed by atoms with Crippen LogP contribution in [-0.4, -0.2) is 60.9 Å². The molecular weight excluding hydrogens is 416 g/mol. The van der Waals surface area contributed by atoms with Crippen molar-refractivity contribution in [3.63, 3.8) is 0 Å². The molecule has 3 aliphatic rings. The van der Waals surface area contributed by atoms with Crippen LogP contribution in [0.1, 0.15) is 53.6 Å². The highest BCUT2D eigenvalue weighted by Gasteiger charge is 2.25. The van der Waals surface area contributed by atoms with Crippen LogP contribution in [-0.2, 0) is 17.6 Å². The summed E-state index contributed by atoms with van der Waals surface area (Å²) in [6.07, 6.45) is 5.98. The van der Waals surface area contributed by atoms with Crippen LogP contribution in [0.4, 0.5) is 11.5 Å². The van der Waals surface area contributed by atoms with E-state index in [1.807, 2.05) is 12.1 Å². The molecule has 1 saturated heterocycles. The second-order valence-corrected chi connectivity index (χ2v) is 9.18. The van der Waals surface area contributed by atoms with Gasteiger partial charge in [-0.1, -0.05) is 12.1 Å². The average molecular weight is 449 g/mol. The molecule has 2 aliphatic heterocycles. The SMILES string of the molecule is O=C1CCc2ccc(OCCCCN3CCN(c4cccc5c4C(=O)CCC5)CC3)nc2N1. The lowest BCUT2D eigenvalue weighted by Crippen LogP contribution is -2.47. The second-order valence-electron chi connectivity index (χ2n) is 9.18. The molecule has 0 unspecified atom stereocenters. The smallest absolute Gasteiger partial charge is 0.225 e. The summed E-state index contributed by atoms with van der Waals surface area (Å²) in [6.45, 7) is 5.64. The molecule has 1 aromatic carbocycles. The highest BCUT2D eigenvalue weighted by atomic mass is 16.5. The minimum atomic E-state index is 0.0194. The number of Topliss-reactive ketones (excluding diaryl/α,β-unsaturated/α-hetero) is 1. The molecule has 7 nitrogen and oxygen atoms in total. The zero-order valence-electron chi connectivity index (χ0n) is 19.1. The first-order valence-electron chi connectivity index (χ1n) is 12.2. The van der Waals surface area contributed by atoms with Crippen molar-refractivity contribution in [2.75, 3.05) is 49.5 Å². The van der Waals surface area contributed by atoms with Gasteiger partial charge in [0.2, 0.25) is 11.8 Å². The number of unbranched alkanes of at least 4 members (excludes halogenated alkanes) is 1. The van der Waals surface area contributed by atoms with Gasteiger partial charge in [0.15, 0.2) is 5.78 Å². The van der Waals surface area contributed by atoms with Crippen molar-refractivity contribution >= 4 is 23.2 Å². The Kier molecular flexibility index (Phi) is 6.58. The predicted octanol–water partition coefficient (Wildman–Crippen LogP) is 3.47. The minimum absolute atomic E-state index is 0.0194. The molecule has 33 heavy (non-hydrogen) atoms. The van der Waals surface area contributed by atoms with Gasteiger partial charge in [0.25, 0.3) is 0 Å². The Hall–Kier alpha value is -2.93. The van der Waals surface area contributed by atoms with Gasteiger partial charge in [0.05, 0.1) is 6.61 Å². The summed E-state index contributed by atoms with van der Waals surface area (Å²) in [7, 11) is 0. The Bertz CT molecular complexity index is 1030. The number of carbonyl (C=O) groups excluding carboxylic acids is 2. The molecule has 0 radical (unpaired) electrons. The van der Waals surface area contributed by atoms with E-state index in [4.69, 9.17) is 4.74 Å². The minimum Gasteiger partial charge on any atom is -0.478 e. The van der Waals surface area contributed by atoms with E-state index >= 15 is 0 Å². The molecule has 174 valence electrons.